The highest BCUT2D eigenvalue weighted by Gasteiger charge is 2.24. The number of nitrogens with one attached hydrogen (secondary N) is 1. The third-order valence-corrected chi connectivity index (χ3v) is 4.27. The lowest BCUT2D eigenvalue weighted by atomic mass is 9.80. The fourth-order valence-electron chi connectivity index (χ4n) is 2.98. The van der Waals surface area contributed by atoms with Crippen LogP contribution in [0.1, 0.15) is 44.3 Å². The summed E-state index contributed by atoms with van der Waals surface area (Å²) in [5, 5.41) is 8.15. The predicted octanol–water partition coefficient (Wildman–Crippen LogP) is 3.71. The molecule has 3 nitrogen and oxygen atoms in total. The molecular formula is C17H23N3. The van der Waals surface area contributed by atoms with E-state index in [1.54, 1.807) is 0 Å². The van der Waals surface area contributed by atoms with Gasteiger partial charge in [-0.05, 0) is 37.1 Å². The van der Waals surface area contributed by atoms with Crippen molar-refractivity contribution in [2.75, 3.05) is 6.54 Å². The molecule has 0 radical (unpaired) electrons. The molecule has 1 aliphatic rings. The minimum Gasteiger partial charge on any atom is -0.309 e. The minimum atomic E-state index is 0.410. The maximum Gasteiger partial charge on any atom is 0.0649 e. The Labute approximate surface area is 121 Å². The number of rotatable bonds is 6. The van der Waals surface area contributed by atoms with Gasteiger partial charge in [-0.3, -0.25) is 0 Å². The van der Waals surface area contributed by atoms with Gasteiger partial charge in [0.15, 0.2) is 0 Å². The highest BCUT2D eigenvalue weighted by atomic mass is 15.3. The molecule has 3 rings (SSSR count). The largest absolute Gasteiger partial charge is 0.309 e. The van der Waals surface area contributed by atoms with Crippen molar-refractivity contribution < 1.29 is 0 Å². The third-order valence-electron chi connectivity index (χ3n) is 4.27. The van der Waals surface area contributed by atoms with Crippen LogP contribution in [0.2, 0.25) is 0 Å². The van der Waals surface area contributed by atoms with Crippen molar-refractivity contribution in [3.05, 3.63) is 48.3 Å². The summed E-state index contributed by atoms with van der Waals surface area (Å²) in [6, 6.07) is 13.0. The number of nitrogens with zero attached hydrogens (tertiary/aromatic N) is 2. The minimum absolute atomic E-state index is 0.410. The summed E-state index contributed by atoms with van der Waals surface area (Å²) in [6.45, 7) is 3.17. The molecule has 106 valence electrons. The first kappa shape index (κ1) is 13.4. The first-order valence-corrected chi connectivity index (χ1v) is 7.71. The van der Waals surface area contributed by atoms with Gasteiger partial charge in [-0.25, -0.2) is 4.68 Å². The van der Waals surface area contributed by atoms with Crippen LogP contribution in [0.15, 0.2) is 42.6 Å². The summed E-state index contributed by atoms with van der Waals surface area (Å²) in [5.41, 5.74) is 2.42. The molecule has 1 aromatic heterocycles. The molecule has 3 heteroatoms. The highest BCUT2D eigenvalue weighted by Crippen LogP contribution is 2.35. The zero-order valence-corrected chi connectivity index (χ0v) is 12.1. The molecule has 0 spiro atoms. The molecule has 1 aliphatic carbocycles. The molecule has 1 aromatic carbocycles. The van der Waals surface area contributed by atoms with Crippen LogP contribution < -0.4 is 5.32 Å². The summed E-state index contributed by atoms with van der Waals surface area (Å²) in [6.07, 6.45) is 7.32. The Hall–Kier alpha value is -1.61. The fourth-order valence-corrected chi connectivity index (χ4v) is 2.98. The van der Waals surface area contributed by atoms with Gasteiger partial charge in [-0.2, -0.15) is 5.10 Å². The highest BCUT2D eigenvalue weighted by molar-refractivity contribution is 5.33. The van der Waals surface area contributed by atoms with Gasteiger partial charge in [0.2, 0.25) is 0 Å². The maximum absolute atomic E-state index is 4.52. The van der Waals surface area contributed by atoms with Crippen molar-refractivity contribution in [2.45, 2.75) is 38.6 Å². The van der Waals surface area contributed by atoms with E-state index in [0.29, 0.717) is 6.04 Å². The van der Waals surface area contributed by atoms with Gasteiger partial charge in [0, 0.05) is 12.2 Å². The molecule has 1 saturated carbocycles. The summed E-state index contributed by atoms with van der Waals surface area (Å²) < 4.78 is 2.08. The normalized spacial score (nSPS) is 16.9. The molecule has 0 bridgehead atoms. The zero-order valence-electron chi connectivity index (χ0n) is 12.1. The molecule has 1 atom stereocenters. The number of aromatic nitrogens is 2. The Morgan fingerprint density at radius 1 is 1.25 bits per heavy atom. The van der Waals surface area contributed by atoms with Crippen molar-refractivity contribution in [1.29, 1.82) is 0 Å². The van der Waals surface area contributed by atoms with Gasteiger partial charge < -0.3 is 5.32 Å². The molecule has 1 unspecified atom stereocenters. The monoisotopic (exact) mass is 269 g/mol. The molecule has 0 amide bonds. The van der Waals surface area contributed by atoms with Crippen LogP contribution >= 0.6 is 0 Å². The lowest BCUT2D eigenvalue weighted by molar-refractivity contribution is 0.259. The van der Waals surface area contributed by atoms with Crippen LogP contribution in [0, 0.1) is 5.92 Å². The molecule has 2 aromatic rings. The Morgan fingerprint density at radius 3 is 2.70 bits per heavy atom. The standard InChI is InChI=1S/C17H23N3/c1-2-18-16(13-14-7-6-8-14)17-11-12-19-20(17)15-9-4-3-5-10-15/h3-5,9-12,14,16,18H,2,6-8,13H2,1H3. The Balaban J connectivity index is 1.85. The number of hydrogen-bond acceptors (Lipinski definition) is 2. The molecule has 0 aliphatic heterocycles. The van der Waals surface area contributed by atoms with Crippen molar-refractivity contribution in [2.24, 2.45) is 5.92 Å². The SMILES string of the molecule is CCNC(CC1CCC1)c1ccnn1-c1ccccc1. The van der Waals surface area contributed by atoms with Crippen molar-refractivity contribution in [3.8, 4) is 5.69 Å². The van der Waals surface area contributed by atoms with E-state index in [9.17, 15) is 0 Å². The van der Waals surface area contributed by atoms with E-state index >= 15 is 0 Å². The maximum atomic E-state index is 4.52. The average molecular weight is 269 g/mol. The van der Waals surface area contributed by atoms with Crippen LogP contribution in [-0.2, 0) is 0 Å². The van der Waals surface area contributed by atoms with Crippen molar-refractivity contribution in [1.82, 2.24) is 15.1 Å². The quantitative estimate of drug-likeness (QED) is 0.866. The first-order valence-electron chi connectivity index (χ1n) is 7.71. The molecule has 1 N–H and O–H groups in total. The summed E-state index contributed by atoms with van der Waals surface area (Å²) in [5.74, 6) is 0.887. The van der Waals surface area contributed by atoms with Crippen LogP contribution in [0.3, 0.4) is 0 Å². The van der Waals surface area contributed by atoms with Crippen LogP contribution in [0.4, 0.5) is 0 Å². The fraction of sp³-hybridized carbons (Fsp3) is 0.471. The zero-order chi connectivity index (χ0) is 13.8. The number of para-hydroxylation sites is 1. The lowest BCUT2D eigenvalue weighted by Gasteiger charge is -2.30. The lowest BCUT2D eigenvalue weighted by Crippen LogP contribution is -2.27. The van der Waals surface area contributed by atoms with E-state index < -0.39 is 0 Å². The topological polar surface area (TPSA) is 29.9 Å². The van der Waals surface area contributed by atoms with Crippen molar-refractivity contribution >= 4 is 0 Å². The average Bonchev–Trinajstić information content (AvgIpc) is 2.91. The van der Waals surface area contributed by atoms with Gasteiger partial charge in [0.1, 0.15) is 0 Å². The van der Waals surface area contributed by atoms with Crippen LogP contribution in [0.25, 0.3) is 5.69 Å². The van der Waals surface area contributed by atoms with E-state index in [-0.39, 0.29) is 0 Å². The summed E-state index contributed by atoms with van der Waals surface area (Å²) >= 11 is 0. The van der Waals surface area contributed by atoms with E-state index in [1.807, 2.05) is 12.3 Å². The Kier molecular flexibility index (Phi) is 4.16. The second-order valence-electron chi connectivity index (χ2n) is 5.65. The smallest absolute Gasteiger partial charge is 0.0649 e. The number of benzene rings is 1. The Morgan fingerprint density at radius 2 is 2.05 bits per heavy atom. The third kappa shape index (κ3) is 2.78. The molecule has 0 saturated heterocycles. The van der Waals surface area contributed by atoms with Gasteiger partial charge >= 0.3 is 0 Å². The van der Waals surface area contributed by atoms with Crippen molar-refractivity contribution in [3.63, 3.8) is 0 Å². The molecule has 1 fully saturated rings. The van der Waals surface area contributed by atoms with E-state index in [1.165, 1.54) is 31.4 Å². The summed E-state index contributed by atoms with van der Waals surface area (Å²) in [4.78, 5) is 0. The second kappa shape index (κ2) is 6.23. The Bertz CT molecular complexity index is 528. The molecule has 20 heavy (non-hydrogen) atoms. The molecule has 1 heterocycles. The first-order chi connectivity index (χ1) is 9.88. The van der Waals surface area contributed by atoms with Gasteiger partial charge in [-0.15, -0.1) is 0 Å². The van der Waals surface area contributed by atoms with Crippen LogP contribution in [-0.4, -0.2) is 16.3 Å². The second-order valence-corrected chi connectivity index (χ2v) is 5.65. The van der Waals surface area contributed by atoms with Crippen LogP contribution in [0.5, 0.6) is 0 Å². The van der Waals surface area contributed by atoms with E-state index in [2.05, 4.69) is 52.4 Å². The van der Waals surface area contributed by atoms with Gasteiger partial charge in [0.25, 0.3) is 0 Å². The molecular weight excluding hydrogens is 246 g/mol. The van der Waals surface area contributed by atoms with Gasteiger partial charge in [-0.1, -0.05) is 44.4 Å². The predicted molar refractivity (Wildman–Crippen MR) is 81.9 cm³/mol. The van der Waals surface area contributed by atoms with Gasteiger partial charge in [0.05, 0.1) is 11.4 Å². The van der Waals surface area contributed by atoms with E-state index in [0.717, 1.165) is 18.2 Å². The number of hydrogen-bond donors (Lipinski definition) is 1. The summed E-state index contributed by atoms with van der Waals surface area (Å²) in [7, 11) is 0. The van der Waals surface area contributed by atoms with E-state index in [4.69, 9.17) is 0 Å².